The van der Waals surface area contributed by atoms with Crippen LogP contribution < -0.4 is 14.8 Å². The van der Waals surface area contributed by atoms with Crippen molar-refractivity contribution in [3.8, 4) is 22.9 Å². The maximum absolute atomic E-state index is 13.3. The second-order valence-corrected chi connectivity index (χ2v) is 10.4. The number of likely N-dealkylation sites (tertiary alicyclic amines) is 1. The monoisotopic (exact) mass is 555 g/mol. The number of urea groups is 1. The zero-order valence-corrected chi connectivity index (χ0v) is 24.1. The number of methoxy groups -OCH3 is 2. The van der Waals surface area contributed by atoms with Gasteiger partial charge in [0.25, 0.3) is 5.91 Å². The number of rotatable bonds is 6. The van der Waals surface area contributed by atoms with Crippen molar-refractivity contribution in [3.63, 3.8) is 0 Å². The van der Waals surface area contributed by atoms with Crippen molar-refractivity contribution in [2.75, 3.05) is 33.9 Å². The predicted molar refractivity (Wildman–Crippen MR) is 157 cm³/mol. The van der Waals surface area contributed by atoms with Crippen molar-refractivity contribution >= 4 is 11.9 Å². The molecular formula is C32H37N5O4. The van der Waals surface area contributed by atoms with Gasteiger partial charge in [0.1, 0.15) is 11.5 Å². The highest BCUT2D eigenvalue weighted by atomic mass is 16.5. The van der Waals surface area contributed by atoms with E-state index in [-0.39, 0.29) is 23.8 Å². The SMILES string of the molecule is CCNC(=O)N1Cc2cc(OC)cc(OC)c2C(C)C=C1C1CCN(C(=O)c2cnc(-c3ccccc3)nc2)CC1. The molecular weight excluding hydrogens is 518 g/mol. The van der Waals surface area contributed by atoms with Gasteiger partial charge in [-0.15, -0.1) is 0 Å². The summed E-state index contributed by atoms with van der Waals surface area (Å²) in [5.41, 5.74) is 4.43. The van der Waals surface area contributed by atoms with Crippen LogP contribution in [0.4, 0.5) is 4.79 Å². The number of nitrogens with zero attached hydrogens (tertiary/aromatic N) is 4. The summed E-state index contributed by atoms with van der Waals surface area (Å²) in [7, 11) is 3.29. The van der Waals surface area contributed by atoms with E-state index in [9.17, 15) is 9.59 Å². The van der Waals surface area contributed by atoms with Gasteiger partial charge in [-0.05, 0) is 31.4 Å². The lowest BCUT2D eigenvalue weighted by Crippen LogP contribution is -2.44. The molecule has 214 valence electrons. The minimum atomic E-state index is -0.130. The highest BCUT2D eigenvalue weighted by molar-refractivity contribution is 5.93. The fraction of sp³-hybridized carbons (Fsp3) is 0.375. The molecule has 0 saturated carbocycles. The van der Waals surface area contributed by atoms with Gasteiger partial charge >= 0.3 is 6.03 Å². The van der Waals surface area contributed by atoms with E-state index in [1.165, 1.54) is 0 Å². The quantitative estimate of drug-likeness (QED) is 0.447. The minimum Gasteiger partial charge on any atom is -0.497 e. The topological polar surface area (TPSA) is 96.9 Å². The Morgan fingerprint density at radius 1 is 1.02 bits per heavy atom. The summed E-state index contributed by atoms with van der Waals surface area (Å²) in [6, 6.07) is 13.5. The standard InChI is InChI=1S/C32H37N5O4/c1-5-33-32(39)37-20-24-16-26(40-3)17-28(41-4)29(24)21(2)15-27(37)22-11-13-36(14-12-22)31(38)25-18-34-30(35-19-25)23-9-7-6-8-10-23/h6-10,15-19,21-22H,5,11-14,20H2,1-4H3,(H,33,39). The number of hydrogen-bond donors (Lipinski definition) is 1. The molecule has 5 rings (SSSR count). The molecule has 0 aliphatic carbocycles. The van der Waals surface area contributed by atoms with E-state index in [4.69, 9.17) is 9.47 Å². The number of hydrogen-bond acceptors (Lipinski definition) is 6. The molecule has 1 unspecified atom stereocenters. The maximum Gasteiger partial charge on any atom is 0.321 e. The molecule has 9 nitrogen and oxygen atoms in total. The number of amides is 3. The summed E-state index contributed by atoms with van der Waals surface area (Å²) >= 11 is 0. The van der Waals surface area contributed by atoms with E-state index in [0.717, 1.165) is 41.0 Å². The predicted octanol–water partition coefficient (Wildman–Crippen LogP) is 5.25. The van der Waals surface area contributed by atoms with Gasteiger partial charge in [-0.1, -0.05) is 43.3 Å². The molecule has 9 heteroatoms. The average Bonchev–Trinajstić information content (AvgIpc) is 3.17. The fourth-order valence-electron chi connectivity index (χ4n) is 5.81. The third kappa shape index (κ3) is 5.89. The summed E-state index contributed by atoms with van der Waals surface area (Å²) < 4.78 is 11.3. The van der Waals surface area contributed by atoms with Gasteiger partial charge in [0, 0.05) is 66.8 Å². The van der Waals surface area contributed by atoms with Crippen LogP contribution in [0.15, 0.2) is 66.6 Å². The Labute approximate surface area is 241 Å². The number of carbonyl (C=O) groups excluding carboxylic acids is 2. The molecule has 3 aromatic rings. The van der Waals surface area contributed by atoms with Gasteiger partial charge in [0.2, 0.25) is 0 Å². The minimum absolute atomic E-state index is 0.0280. The van der Waals surface area contributed by atoms with E-state index >= 15 is 0 Å². The van der Waals surface area contributed by atoms with Gasteiger partial charge in [0.15, 0.2) is 5.82 Å². The number of fused-ring (bicyclic) bond motifs is 1. The Bertz CT molecular complexity index is 1420. The first kappa shape index (κ1) is 28.1. The van der Waals surface area contributed by atoms with Crippen molar-refractivity contribution in [1.82, 2.24) is 25.1 Å². The first-order valence-corrected chi connectivity index (χ1v) is 14.1. The Kier molecular flexibility index (Phi) is 8.52. The summed E-state index contributed by atoms with van der Waals surface area (Å²) in [6.45, 7) is 6.17. The van der Waals surface area contributed by atoms with E-state index in [2.05, 4.69) is 28.3 Å². The van der Waals surface area contributed by atoms with Crippen LogP contribution in [0, 0.1) is 5.92 Å². The summed E-state index contributed by atoms with van der Waals surface area (Å²) in [5.74, 6) is 2.12. The van der Waals surface area contributed by atoms with Crippen LogP contribution in [0.5, 0.6) is 11.5 Å². The number of aromatic nitrogens is 2. The molecule has 0 radical (unpaired) electrons. The fourth-order valence-corrected chi connectivity index (χ4v) is 5.81. The lowest BCUT2D eigenvalue weighted by molar-refractivity contribution is 0.0691. The van der Waals surface area contributed by atoms with Gasteiger partial charge in [-0.25, -0.2) is 14.8 Å². The third-order valence-electron chi connectivity index (χ3n) is 7.88. The van der Waals surface area contributed by atoms with Crippen molar-refractivity contribution in [3.05, 3.63) is 83.3 Å². The zero-order chi connectivity index (χ0) is 28.9. The van der Waals surface area contributed by atoms with E-state index in [1.807, 2.05) is 59.2 Å². The first-order chi connectivity index (χ1) is 19.9. The van der Waals surface area contributed by atoms with E-state index in [0.29, 0.717) is 43.3 Å². The summed E-state index contributed by atoms with van der Waals surface area (Å²) in [6.07, 6.45) is 6.90. The molecule has 1 atom stereocenters. The van der Waals surface area contributed by atoms with Gasteiger partial charge in [0.05, 0.1) is 26.3 Å². The second kappa shape index (κ2) is 12.4. The number of carbonyl (C=O) groups is 2. The van der Waals surface area contributed by atoms with Crippen LogP contribution in [0.3, 0.4) is 0 Å². The summed E-state index contributed by atoms with van der Waals surface area (Å²) in [5, 5.41) is 2.98. The molecule has 3 amide bonds. The van der Waals surface area contributed by atoms with Crippen LogP contribution in [0.25, 0.3) is 11.4 Å². The van der Waals surface area contributed by atoms with Crippen LogP contribution in [0.2, 0.25) is 0 Å². The summed E-state index contributed by atoms with van der Waals surface area (Å²) in [4.78, 5) is 39.2. The Morgan fingerprint density at radius 2 is 1.73 bits per heavy atom. The second-order valence-electron chi connectivity index (χ2n) is 10.4. The Balaban J connectivity index is 1.34. The molecule has 3 heterocycles. The van der Waals surface area contributed by atoms with Gasteiger partial charge in [-0.2, -0.15) is 0 Å². The molecule has 2 aliphatic rings. The van der Waals surface area contributed by atoms with Crippen molar-refractivity contribution < 1.29 is 19.1 Å². The normalized spacial score (nSPS) is 17.3. The molecule has 1 aromatic heterocycles. The number of ether oxygens (including phenoxy) is 2. The number of piperidine rings is 1. The Hall–Kier alpha value is -4.40. The van der Waals surface area contributed by atoms with Crippen LogP contribution >= 0.6 is 0 Å². The molecule has 2 aliphatic heterocycles. The van der Waals surface area contributed by atoms with Crippen molar-refractivity contribution in [2.45, 2.75) is 39.2 Å². The maximum atomic E-state index is 13.3. The molecule has 0 spiro atoms. The van der Waals surface area contributed by atoms with Crippen molar-refractivity contribution in [2.24, 2.45) is 5.92 Å². The average molecular weight is 556 g/mol. The highest BCUT2D eigenvalue weighted by Crippen LogP contribution is 2.41. The highest BCUT2D eigenvalue weighted by Gasteiger charge is 2.34. The molecule has 0 bridgehead atoms. The Morgan fingerprint density at radius 3 is 2.37 bits per heavy atom. The smallest absolute Gasteiger partial charge is 0.321 e. The largest absolute Gasteiger partial charge is 0.497 e. The van der Waals surface area contributed by atoms with E-state index in [1.54, 1.807) is 26.6 Å². The molecule has 1 saturated heterocycles. The molecule has 1 N–H and O–H groups in total. The lowest BCUT2D eigenvalue weighted by atomic mass is 9.89. The van der Waals surface area contributed by atoms with Crippen molar-refractivity contribution in [1.29, 1.82) is 0 Å². The third-order valence-corrected chi connectivity index (χ3v) is 7.88. The molecule has 2 aromatic carbocycles. The van der Waals surface area contributed by atoms with Crippen LogP contribution in [-0.4, -0.2) is 65.6 Å². The van der Waals surface area contributed by atoms with Crippen LogP contribution in [-0.2, 0) is 6.54 Å². The lowest BCUT2D eigenvalue weighted by Gasteiger charge is -2.36. The van der Waals surface area contributed by atoms with Gasteiger partial charge in [-0.3, -0.25) is 9.69 Å². The first-order valence-electron chi connectivity index (χ1n) is 14.1. The van der Waals surface area contributed by atoms with Gasteiger partial charge < -0.3 is 19.7 Å². The molecule has 41 heavy (non-hydrogen) atoms. The molecule has 1 fully saturated rings. The van der Waals surface area contributed by atoms with E-state index < -0.39 is 0 Å². The number of benzene rings is 2. The number of nitrogens with one attached hydrogen (secondary N) is 1. The number of allylic oxidation sites excluding steroid dienone is 2. The van der Waals surface area contributed by atoms with Crippen LogP contribution in [0.1, 0.15) is 54.1 Å². The zero-order valence-electron chi connectivity index (χ0n) is 24.1.